The van der Waals surface area contributed by atoms with Crippen LogP contribution in [0.15, 0.2) is 24.5 Å². The van der Waals surface area contributed by atoms with Crippen LogP contribution in [0.1, 0.15) is 30.7 Å². The van der Waals surface area contributed by atoms with Crippen LogP contribution >= 0.6 is 0 Å². The van der Waals surface area contributed by atoms with Crippen molar-refractivity contribution in [3.8, 4) is 11.3 Å². The Labute approximate surface area is 179 Å². The molecule has 1 saturated carbocycles. The summed E-state index contributed by atoms with van der Waals surface area (Å²) in [5, 5.41) is 0. The monoisotopic (exact) mass is 432 g/mol. The van der Waals surface area contributed by atoms with E-state index in [4.69, 9.17) is 10.7 Å². The highest BCUT2D eigenvalue weighted by atomic mass is 19.4. The number of nitrogens with zero attached hydrogens (tertiary/aromatic N) is 5. The number of imidazole rings is 1. The maximum Gasteiger partial charge on any atom is 0.419 e. The van der Waals surface area contributed by atoms with Gasteiger partial charge < -0.3 is 15.2 Å². The molecule has 3 aliphatic rings. The molecule has 3 heterocycles. The Morgan fingerprint density at radius 2 is 1.87 bits per heavy atom. The maximum absolute atomic E-state index is 13.3. The first-order chi connectivity index (χ1) is 14.8. The van der Waals surface area contributed by atoms with Crippen molar-refractivity contribution < 1.29 is 13.2 Å². The van der Waals surface area contributed by atoms with E-state index >= 15 is 0 Å². The summed E-state index contributed by atoms with van der Waals surface area (Å²) in [4.78, 5) is 13.3. The van der Waals surface area contributed by atoms with Gasteiger partial charge in [-0.25, -0.2) is 9.97 Å². The zero-order valence-electron chi connectivity index (χ0n) is 17.6. The fourth-order valence-electron chi connectivity index (χ4n) is 4.34. The number of hydrogen-bond acceptors (Lipinski definition) is 5. The second kappa shape index (κ2) is 7.63. The van der Waals surface area contributed by atoms with Crippen LogP contribution in [0.2, 0.25) is 0 Å². The van der Waals surface area contributed by atoms with E-state index in [0.717, 1.165) is 50.9 Å². The Bertz CT molecular complexity index is 999. The molecule has 6 nitrogen and oxygen atoms in total. The van der Waals surface area contributed by atoms with E-state index in [1.165, 1.54) is 24.7 Å². The predicted molar refractivity (Wildman–Crippen MR) is 113 cm³/mol. The van der Waals surface area contributed by atoms with Crippen molar-refractivity contribution in [2.24, 2.45) is 5.92 Å². The lowest BCUT2D eigenvalue weighted by atomic mass is 9.96. The number of likely N-dealkylation sites (N-methyl/N-ethyl adjacent to an activating group) is 1. The third kappa shape index (κ3) is 4.21. The van der Waals surface area contributed by atoms with Crippen LogP contribution in [-0.2, 0) is 12.6 Å². The molecule has 0 radical (unpaired) electrons. The minimum absolute atomic E-state index is 0.341. The summed E-state index contributed by atoms with van der Waals surface area (Å²) in [5.41, 5.74) is 6.58. The number of halogens is 3. The summed E-state index contributed by atoms with van der Waals surface area (Å²) < 4.78 is 41.9. The molecule has 1 saturated heterocycles. The third-order valence-corrected chi connectivity index (χ3v) is 6.59. The van der Waals surface area contributed by atoms with Crippen LogP contribution in [0.25, 0.3) is 17.0 Å². The summed E-state index contributed by atoms with van der Waals surface area (Å²) >= 11 is 0. The summed E-state index contributed by atoms with van der Waals surface area (Å²) in [6, 6.07) is 1.48. The lowest BCUT2D eigenvalue weighted by Gasteiger charge is -2.41. The highest BCUT2D eigenvalue weighted by Gasteiger charge is 2.35. The molecule has 2 aromatic rings. The number of hydrogen-bond donors (Lipinski definition) is 1. The molecule has 0 spiro atoms. The lowest BCUT2D eigenvalue weighted by molar-refractivity contribution is -0.137. The summed E-state index contributed by atoms with van der Waals surface area (Å²) in [6.45, 7) is 4.28. The van der Waals surface area contributed by atoms with Crippen molar-refractivity contribution >= 4 is 11.5 Å². The maximum atomic E-state index is 13.3. The SMILES string of the molecule is CN1CCN(C2C=C(n3cc(-c4cnc(N)c(C(F)(F)F)c4)nc3CC3CC3)C2)CC1. The van der Waals surface area contributed by atoms with Crippen molar-refractivity contribution in [3.05, 3.63) is 35.9 Å². The first kappa shape index (κ1) is 20.5. The van der Waals surface area contributed by atoms with E-state index in [0.29, 0.717) is 23.2 Å². The Balaban J connectivity index is 1.42. The zero-order chi connectivity index (χ0) is 21.8. The van der Waals surface area contributed by atoms with Gasteiger partial charge in [-0.15, -0.1) is 0 Å². The number of nitrogen functional groups attached to an aromatic ring is 1. The van der Waals surface area contributed by atoms with Gasteiger partial charge in [0, 0.05) is 68.7 Å². The summed E-state index contributed by atoms with van der Waals surface area (Å²) in [6.07, 6.45) is 5.13. The summed E-state index contributed by atoms with van der Waals surface area (Å²) in [5.74, 6) is 1.04. The largest absolute Gasteiger partial charge is 0.419 e. The topological polar surface area (TPSA) is 63.2 Å². The van der Waals surface area contributed by atoms with Gasteiger partial charge in [0.15, 0.2) is 0 Å². The van der Waals surface area contributed by atoms with Crippen LogP contribution in [0.5, 0.6) is 0 Å². The molecule has 0 bridgehead atoms. The molecular formula is C22H27F3N6. The van der Waals surface area contributed by atoms with E-state index < -0.39 is 17.6 Å². The highest BCUT2D eigenvalue weighted by Crippen LogP contribution is 2.38. The van der Waals surface area contributed by atoms with Gasteiger partial charge in [-0.05, 0) is 37.9 Å². The molecule has 2 N–H and O–H groups in total. The predicted octanol–water partition coefficient (Wildman–Crippen LogP) is 3.36. The van der Waals surface area contributed by atoms with E-state index in [2.05, 4.69) is 32.5 Å². The Morgan fingerprint density at radius 3 is 2.52 bits per heavy atom. The van der Waals surface area contributed by atoms with Gasteiger partial charge in [0.2, 0.25) is 0 Å². The molecule has 1 atom stereocenters. The molecule has 2 fully saturated rings. The average molecular weight is 432 g/mol. The van der Waals surface area contributed by atoms with E-state index in [9.17, 15) is 13.2 Å². The number of piperazine rings is 1. The molecule has 2 aromatic heterocycles. The number of alkyl halides is 3. The average Bonchev–Trinajstić information content (AvgIpc) is 3.40. The molecule has 0 aromatic carbocycles. The highest BCUT2D eigenvalue weighted by molar-refractivity contribution is 5.65. The van der Waals surface area contributed by atoms with Crippen LogP contribution in [0.3, 0.4) is 0 Å². The fourth-order valence-corrected chi connectivity index (χ4v) is 4.34. The molecular weight excluding hydrogens is 405 g/mol. The third-order valence-electron chi connectivity index (χ3n) is 6.59. The van der Waals surface area contributed by atoms with Crippen LogP contribution in [0.4, 0.5) is 19.0 Å². The van der Waals surface area contributed by atoms with Gasteiger partial charge in [-0.2, -0.15) is 13.2 Å². The molecule has 2 aliphatic carbocycles. The Hall–Kier alpha value is -2.39. The van der Waals surface area contributed by atoms with Crippen molar-refractivity contribution in [1.29, 1.82) is 0 Å². The molecule has 9 heteroatoms. The number of anilines is 1. The van der Waals surface area contributed by atoms with Gasteiger partial charge in [-0.1, -0.05) is 0 Å². The van der Waals surface area contributed by atoms with Gasteiger partial charge in [0.05, 0.1) is 11.3 Å². The van der Waals surface area contributed by atoms with Crippen LogP contribution in [0, 0.1) is 5.92 Å². The van der Waals surface area contributed by atoms with Crippen LogP contribution < -0.4 is 5.73 Å². The Kier molecular flexibility index (Phi) is 5.05. The van der Waals surface area contributed by atoms with Crippen molar-refractivity contribution in [1.82, 2.24) is 24.3 Å². The zero-order valence-corrected chi connectivity index (χ0v) is 17.6. The smallest absolute Gasteiger partial charge is 0.383 e. The molecule has 1 aliphatic heterocycles. The molecule has 166 valence electrons. The first-order valence-electron chi connectivity index (χ1n) is 10.8. The van der Waals surface area contributed by atoms with Gasteiger partial charge in [0.1, 0.15) is 11.6 Å². The molecule has 1 unspecified atom stereocenters. The van der Waals surface area contributed by atoms with Crippen molar-refractivity contribution in [2.45, 2.75) is 37.9 Å². The Morgan fingerprint density at radius 1 is 1.16 bits per heavy atom. The first-order valence-corrected chi connectivity index (χ1v) is 10.8. The quantitative estimate of drug-likeness (QED) is 0.785. The molecule has 5 rings (SSSR count). The van der Waals surface area contributed by atoms with E-state index in [1.807, 2.05) is 6.20 Å². The number of aromatic nitrogens is 3. The van der Waals surface area contributed by atoms with Crippen molar-refractivity contribution in [3.63, 3.8) is 0 Å². The van der Waals surface area contributed by atoms with Gasteiger partial charge in [-0.3, -0.25) is 4.90 Å². The van der Waals surface area contributed by atoms with Crippen LogP contribution in [-0.4, -0.2) is 63.6 Å². The van der Waals surface area contributed by atoms with E-state index in [1.54, 1.807) is 0 Å². The second-order valence-electron chi connectivity index (χ2n) is 8.98. The van der Waals surface area contributed by atoms with E-state index in [-0.39, 0.29) is 0 Å². The van der Waals surface area contributed by atoms with Gasteiger partial charge in [0.25, 0.3) is 0 Å². The molecule has 31 heavy (non-hydrogen) atoms. The standard InChI is InChI=1S/C22H27F3N6/c1-29-4-6-30(7-5-29)16-10-17(11-16)31-13-19(28-20(31)8-14-2-3-14)15-9-18(22(23,24)25)21(26)27-12-15/h9-10,12-14,16H,2-8,11H2,1H3,(H2,26,27). The minimum atomic E-state index is -4.54. The van der Waals surface area contributed by atoms with Crippen molar-refractivity contribution in [2.75, 3.05) is 39.0 Å². The second-order valence-corrected chi connectivity index (χ2v) is 8.98. The fraction of sp³-hybridized carbons (Fsp3) is 0.545. The molecule has 0 amide bonds. The normalized spacial score (nSPS) is 23.0. The number of nitrogens with two attached hydrogens (primary N) is 1. The lowest BCUT2D eigenvalue weighted by Crippen LogP contribution is -2.50. The summed E-state index contributed by atoms with van der Waals surface area (Å²) in [7, 11) is 2.15. The minimum Gasteiger partial charge on any atom is -0.383 e. The number of pyridine rings is 1. The number of rotatable bonds is 5. The van der Waals surface area contributed by atoms with Gasteiger partial charge >= 0.3 is 6.18 Å².